The molecule has 0 fully saturated rings. The number of rotatable bonds is 1. The van der Waals surface area contributed by atoms with Crippen LogP contribution in [-0.4, -0.2) is 17.6 Å². The molecule has 0 saturated heterocycles. The number of carbonyl (C=O) groups is 1. The predicted octanol–water partition coefficient (Wildman–Crippen LogP) is 0.390. The van der Waals surface area contributed by atoms with E-state index in [1.165, 1.54) is 0 Å². The fourth-order valence-corrected chi connectivity index (χ4v) is 2.00. The topological polar surface area (TPSA) is 75.3 Å². The minimum Gasteiger partial charge on any atom is -0.394 e. The highest BCUT2D eigenvalue weighted by atomic mass is 127. The number of aliphatic hydroxyl groups is 1. The van der Waals surface area contributed by atoms with Crippen LogP contribution in [0.2, 0.25) is 0 Å². The molecule has 0 unspecified atom stereocenters. The van der Waals surface area contributed by atoms with E-state index in [4.69, 9.17) is 10.8 Å². The summed E-state index contributed by atoms with van der Waals surface area (Å²) in [6.45, 7) is -0.383. The first-order valence-corrected chi connectivity index (χ1v) is 5.17. The summed E-state index contributed by atoms with van der Waals surface area (Å²) in [5.74, 6) is -0.350. The van der Waals surface area contributed by atoms with Crippen LogP contribution in [0.3, 0.4) is 0 Å². The maximum atomic E-state index is 11.5. The molecule has 2 rings (SSSR count). The second-order valence-electron chi connectivity index (χ2n) is 3.27. The zero-order chi connectivity index (χ0) is 10.3. The number of carbonyl (C=O) groups excluding carboxylic acids is 1. The van der Waals surface area contributed by atoms with E-state index < -0.39 is 5.54 Å². The summed E-state index contributed by atoms with van der Waals surface area (Å²) in [7, 11) is 0. The number of anilines is 1. The molecule has 0 radical (unpaired) electrons. The third-order valence-electron chi connectivity index (χ3n) is 2.37. The van der Waals surface area contributed by atoms with Crippen molar-refractivity contribution in [3.05, 3.63) is 27.3 Å². The normalized spacial score (nSPS) is 24.6. The zero-order valence-electron chi connectivity index (χ0n) is 7.25. The molecule has 0 saturated carbocycles. The van der Waals surface area contributed by atoms with Crippen molar-refractivity contribution in [2.75, 3.05) is 11.9 Å². The molecule has 4 nitrogen and oxygen atoms in total. The molecular weight excluding hydrogens is 295 g/mol. The molecule has 0 aliphatic carbocycles. The predicted molar refractivity (Wildman–Crippen MR) is 60.7 cm³/mol. The molecule has 1 atom stereocenters. The van der Waals surface area contributed by atoms with Crippen molar-refractivity contribution in [1.29, 1.82) is 0 Å². The van der Waals surface area contributed by atoms with Gasteiger partial charge in [-0.3, -0.25) is 4.79 Å². The average molecular weight is 304 g/mol. The van der Waals surface area contributed by atoms with E-state index in [0.717, 1.165) is 3.57 Å². The number of hydrogen-bond acceptors (Lipinski definition) is 3. The first-order valence-electron chi connectivity index (χ1n) is 4.09. The van der Waals surface area contributed by atoms with Crippen molar-refractivity contribution in [1.82, 2.24) is 0 Å². The number of nitrogens with two attached hydrogens (primary N) is 1. The molecular formula is C9H9IN2O2. The van der Waals surface area contributed by atoms with Crippen molar-refractivity contribution in [2.45, 2.75) is 5.54 Å². The lowest BCUT2D eigenvalue weighted by molar-refractivity contribution is -0.122. The summed E-state index contributed by atoms with van der Waals surface area (Å²) in [5, 5.41) is 11.8. The lowest BCUT2D eigenvalue weighted by Gasteiger charge is -2.18. The van der Waals surface area contributed by atoms with Crippen LogP contribution in [-0.2, 0) is 10.3 Å². The van der Waals surface area contributed by atoms with Crippen LogP contribution in [0.1, 0.15) is 5.56 Å². The summed E-state index contributed by atoms with van der Waals surface area (Å²) in [6.07, 6.45) is 0. The number of halogens is 1. The van der Waals surface area contributed by atoms with E-state index >= 15 is 0 Å². The van der Waals surface area contributed by atoms with Gasteiger partial charge in [0.2, 0.25) is 0 Å². The van der Waals surface area contributed by atoms with E-state index in [1.54, 1.807) is 6.07 Å². The maximum Gasteiger partial charge on any atom is 0.251 e. The highest BCUT2D eigenvalue weighted by molar-refractivity contribution is 14.1. The second-order valence-corrected chi connectivity index (χ2v) is 4.52. The van der Waals surface area contributed by atoms with Crippen LogP contribution in [0.4, 0.5) is 5.69 Å². The number of amides is 1. The quantitative estimate of drug-likeness (QED) is 0.657. The molecule has 0 aromatic heterocycles. The molecule has 1 amide bonds. The number of fused-ring (bicyclic) bond motifs is 1. The summed E-state index contributed by atoms with van der Waals surface area (Å²) >= 11 is 2.14. The van der Waals surface area contributed by atoms with Crippen LogP contribution < -0.4 is 11.1 Å². The minimum atomic E-state index is -1.28. The van der Waals surface area contributed by atoms with Crippen molar-refractivity contribution in [3.8, 4) is 0 Å². The Balaban J connectivity index is 2.61. The Kier molecular flexibility index (Phi) is 2.24. The Labute approximate surface area is 94.6 Å². The van der Waals surface area contributed by atoms with Crippen molar-refractivity contribution < 1.29 is 9.90 Å². The Morgan fingerprint density at radius 3 is 2.93 bits per heavy atom. The summed E-state index contributed by atoms with van der Waals surface area (Å²) in [6, 6.07) is 5.48. The van der Waals surface area contributed by atoms with Gasteiger partial charge in [-0.2, -0.15) is 0 Å². The van der Waals surface area contributed by atoms with Crippen LogP contribution in [0.15, 0.2) is 18.2 Å². The zero-order valence-corrected chi connectivity index (χ0v) is 9.41. The number of aliphatic hydroxyl groups excluding tert-OH is 1. The summed E-state index contributed by atoms with van der Waals surface area (Å²) < 4.78 is 0.987. The molecule has 1 aliphatic rings. The van der Waals surface area contributed by atoms with Crippen LogP contribution in [0.5, 0.6) is 0 Å². The van der Waals surface area contributed by atoms with Gasteiger partial charge < -0.3 is 16.2 Å². The van der Waals surface area contributed by atoms with E-state index in [0.29, 0.717) is 11.3 Å². The molecule has 14 heavy (non-hydrogen) atoms. The number of benzene rings is 1. The molecule has 4 N–H and O–H groups in total. The smallest absolute Gasteiger partial charge is 0.251 e. The van der Waals surface area contributed by atoms with Gasteiger partial charge in [0.05, 0.1) is 6.61 Å². The van der Waals surface area contributed by atoms with Gasteiger partial charge in [-0.25, -0.2) is 0 Å². The largest absolute Gasteiger partial charge is 0.394 e. The van der Waals surface area contributed by atoms with Crippen LogP contribution >= 0.6 is 22.6 Å². The van der Waals surface area contributed by atoms with Crippen LogP contribution in [0.25, 0.3) is 0 Å². The Morgan fingerprint density at radius 2 is 2.29 bits per heavy atom. The van der Waals surface area contributed by atoms with Crippen LogP contribution in [0, 0.1) is 3.57 Å². The van der Waals surface area contributed by atoms with E-state index in [9.17, 15) is 4.79 Å². The highest BCUT2D eigenvalue weighted by Crippen LogP contribution is 2.34. The molecule has 1 aliphatic heterocycles. The first kappa shape index (κ1) is 9.88. The van der Waals surface area contributed by atoms with Gasteiger partial charge in [-0.15, -0.1) is 0 Å². The van der Waals surface area contributed by atoms with Gasteiger partial charge in [-0.1, -0.05) is 0 Å². The third kappa shape index (κ3) is 1.23. The molecule has 5 heteroatoms. The van der Waals surface area contributed by atoms with Gasteiger partial charge in [0.15, 0.2) is 0 Å². The highest BCUT2D eigenvalue weighted by Gasteiger charge is 2.43. The lowest BCUT2D eigenvalue weighted by atomic mass is 9.94. The first-order chi connectivity index (χ1) is 6.58. The summed E-state index contributed by atoms with van der Waals surface area (Å²) in [5.41, 5.74) is 5.89. The Bertz CT molecular complexity index is 408. The molecule has 1 aromatic carbocycles. The fourth-order valence-electron chi connectivity index (χ4n) is 1.51. The standard InChI is InChI=1S/C9H9IN2O2/c10-5-1-2-7-6(3-5)9(11,4-13)8(14)12-7/h1-3,13H,4,11H2,(H,12,14)/t9-/m0/s1. The van der Waals surface area contributed by atoms with Gasteiger partial charge in [0, 0.05) is 14.8 Å². The van der Waals surface area contributed by atoms with Gasteiger partial charge in [-0.05, 0) is 40.8 Å². The van der Waals surface area contributed by atoms with Crippen molar-refractivity contribution in [2.24, 2.45) is 5.73 Å². The molecule has 1 heterocycles. The third-order valence-corrected chi connectivity index (χ3v) is 3.04. The van der Waals surface area contributed by atoms with Gasteiger partial charge in [0.25, 0.3) is 5.91 Å². The molecule has 0 spiro atoms. The Hall–Kier alpha value is -0.660. The van der Waals surface area contributed by atoms with Gasteiger partial charge in [0.1, 0.15) is 5.54 Å². The molecule has 0 bridgehead atoms. The number of nitrogens with one attached hydrogen (secondary N) is 1. The molecule has 1 aromatic rings. The average Bonchev–Trinajstić information content (AvgIpc) is 2.41. The van der Waals surface area contributed by atoms with E-state index in [-0.39, 0.29) is 12.5 Å². The van der Waals surface area contributed by atoms with E-state index in [2.05, 4.69) is 27.9 Å². The lowest BCUT2D eigenvalue weighted by Crippen LogP contribution is -2.46. The maximum absolute atomic E-state index is 11.5. The Morgan fingerprint density at radius 1 is 1.57 bits per heavy atom. The van der Waals surface area contributed by atoms with Crippen molar-refractivity contribution in [3.63, 3.8) is 0 Å². The minimum absolute atomic E-state index is 0.350. The number of hydrogen-bond donors (Lipinski definition) is 3. The fraction of sp³-hybridized carbons (Fsp3) is 0.222. The van der Waals surface area contributed by atoms with Crippen molar-refractivity contribution >= 4 is 34.2 Å². The second kappa shape index (κ2) is 3.18. The van der Waals surface area contributed by atoms with E-state index in [1.807, 2.05) is 12.1 Å². The SMILES string of the molecule is N[C@]1(CO)C(=O)Nc2ccc(I)cc21. The van der Waals surface area contributed by atoms with Gasteiger partial charge >= 0.3 is 0 Å². The monoisotopic (exact) mass is 304 g/mol. The summed E-state index contributed by atoms with van der Waals surface area (Å²) in [4.78, 5) is 11.5. The molecule has 74 valence electrons.